The number of alkyl halides is 3. The first-order valence-corrected chi connectivity index (χ1v) is 16.9. The maximum atomic E-state index is 13.6. The van der Waals surface area contributed by atoms with E-state index in [1.165, 1.54) is 0 Å². The molecule has 0 amide bonds. The van der Waals surface area contributed by atoms with Crippen molar-refractivity contribution in [2.45, 2.75) is 114 Å². The fourth-order valence-corrected chi connectivity index (χ4v) is 12.5. The zero-order chi connectivity index (χ0) is 25.4. The maximum Gasteiger partial charge on any atom is 0.490 e. The minimum absolute atomic E-state index is 0.0503. The van der Waals surface area contributed by atoms with Gasteiger partial charge in [-0.2, -0.15) is 13.2 Å². The normalized spacial score (nSPS) is 54.7. The summed E-state index contributed by atoms with van der Waals surface area (Å²) < 4.78 is 59.0. The van der Waals surface area contributed by atoms with E-state index in [2.05, 4.69) is 33.5 Å². The molecule has 0 spiro atoms. The Morgan fingerprint density at radius 2 is 1.77 bits per heavy atom. The highest BCUT2D eigenvalue weighted by atomic mass is 28.3. The Hall–Kier alpha value is -0.643. The van der Waals surface area contributed by atoms with Crippen molar-refractivity contribution in [3.8, 4) is 0 Å². The second kappa shape index (κ2) is 7.06. The molecule has 2 saturated heterocycles. The van der Waals surface area contributed by atoms with Crippen LogP contribution in [0, 0.1) is 34.5 Å². The number of aliphatic hydroxyl groups excluding tert-OH is 1. The molecule has 4 saturated carbocycles. The molecule has 6 rings (SSSR count). The average molecular weight is 517 g/mol. The van der Waals surface area contributed by atoms with Gasteiger partial charge in [0.15, 0.2) is 5.60 Å². The number of rotatable bonds is 3. The molecule has 0 aromatic rings. The van der Waals surface area contributed by atoms with Crippen LogP contribution in [0.1, 0.15) is 58.8 Å². The Morgan fingerprint density at radius 1 is 1.09 bits per heavy atom. The first-order valence-electron chi connectivity index (χ1n) is 13.4. The summed E-state index contributed by atoms with van der Waals surface area (Å²) >= 11 is 0. The Morgan fingerprint density at radius 3 is 2.37 bits per heavy atom. The van der Waals surface area contributed by atoms with Gasteiger partial charge in [0.1, 0.15) is 11.3 Å². The van der Waals surface area contributed by atoms with Crippen molar-refractivity contribution >= 4 is 14.0 Å². The van der Waals surface area contributed by atoms with Gasteiger partial charge in [-0.05, 0) is 68.1 Å². The second-order valence-corrected chi connectivity index (χ2v) is 19.3. The molecule has 1 N–H and O–H groups in total. The molecular formula is C26H39F3O5Si. The minimum atomic E-state index is -5.06. The third-order valence-corrected chi connectivity index (χ3v) is 14.8. The minimum Gasteiger partial charge on any atom is -0.446 e. The molecule has 0 aromatic carbocycles. The highest BCUT2D eigenvalue weighted by Crippen LogP contribution is 2.77. The van der Waals surface area contributed by atoms with Gasteiger partial charge in [-0.1, -0.05) is 33.5 Å². The van der Waals surface area contributed by atoms with E-state index >= 15 is 0 Å². The Balaban J connectivity index is 1.42. The number of esters is 1. The smallest absolute Gasteiger partial charge is 0.446 e. The number of hydrogen-bond acceptors (Lipinski definition) is 5. The standard InChI is InChI=1S/C26H39F3O5Si/c1-22-10-8-15(30)12-14(22)6-7-16-17(22)9-11-23(2)18(16)19-20(33-19)25(23,34-21(31)26(27,28)29)24(13-32-24)35(3,4)5/h14-20,30H,6-13H2,1-5H3/t14-,15+,16-,17+,18-,19+,20+,22+,23+,24+,25+/m1/s1. The van der Waals surface area contributed by atoms with E-state index in [4.69, 9.17) is 14.2 Å². The third kappa shape index (κ3) is 2.95. The molecule has 4 aliphatic carbocycles. The molecule has 0 aromatic heterocycles. The van der Waals surface area contributed by atoms with E-state index in [0.717, 1.165) is 38.5 Å². The Kier molecular flexibility index (Phi) is 4.97. The van der Waals surface area contributed by atoms with Crippen molar-refractivity contribution in [3.05, 3.63) is 0 Å². The number of fused-ring (bicyclic) bond motifs is 7. The van der Waals surface area contributed by atoms with E-state index in [1.54, 1.807) is 0 Å². The lowest BCUT2D eigenvalue weighted by Crippen LogP contribution is -2.72. The van der Waals surface area contributed by atoms with Crippen LogP contribution in [0.2, 0.25) is 19.6 Å². The molecule has 5 nitrogen and oxygen atoms in total. The predicted octanol–water partition coefficient (Wildman–Crippen LogP) is 4.87. The van der Waals surface area contributed by atoms with E-state index in [-0.39, 0.29) is 23.5 Å². The van der Waals surface area contributed by atoms with Gasteiger partial charge in [0.25, 0.3) is 0 Å². The molecule has 6 fully saturated rings. The van der Waals surface area contributed by atoms with E-state index in [1.807, 2.05) is 0 Å². The van der Waals surface area contributed by atoms with Gasteiger partial charge >= 0.3 is 12.1 Å². The van der Waals surface area contributed by atoms with Crippen molar-refractivity contribution in [1.82, 2.24) is 0 Å². The monoisotopic (exact) mass is 516 g/mol. The van der Waals surface area contributed by atoms with Gasteiger partial charge in [0.2, 0.25) is 0 Å². The lowest BCUT2D eigenvalue weighted by atomic mass is 9.44. The number of halogens is 3. The van der Waals surface area contributed by atoms with Crippen LogP contribution in [-0.4, -0.2) is 61.1 Å². The summed E-state index contributed by atoms with van der Waals surface area (Å²) in [5, 5.41) is 9.45. The van der Waals surface area contributed by atoms with E-state index in [0.29, 0.717) is 30.8 Å². The van der Waals surface area contributed by atoms with Crippen molar-refractivity contribution in [1.29, 1.82) is 0 Å². The summed E-state index contributed by atoms with van der Waals surface area (Å²) in [5.74, 6) is -0.796. The van der Waals surface area contributed by atoms with Gasteiger partial charge in [0.05, 0.1) is 26.9 Å². The Labute approximate surface area is 206 Å². The van der Waals surface area contributed by atoms with Crippen molar-refractivity contribution in [3.63, 3.8) is 0 Å². The molecule has 0 radical (unpaired) electrons. The molecule has 6 aliphatic rings. The summed E-state index contributed by atoms with van der Waals surface area (Å²) in [6, 6.07) is 0. The lowest BCUT2D eigenvalue weighted by molar-refractivity contribution is -0.250. The number of hydrogen-bond donors (Lipinski definition) is 1. The molecule has 35 heavy (non-hydrogen) atoms. The number of carbonyl (C=O) groups is 1. The first-order chi connectivity index (χ1) is 16.1. The number of epoxide rings is 2. The molecule has 9 heteroatoms. The fourth-order valence-electron chi connectivity index (χ4n) is 10.0. The highest BCUT2D eigenvalue weighted by molar-refractivity contribution is 6.80. The van der Waals surface area contributed by atoms with Crippen LogP contribution >= 0.6 is 0 Å². The SMILES string of the molecule is C[C@]12CC[C@H](O)C[C@H]1CC[C@H]1[C@@H]3[C@@H]4O[C@@H]4[C@@](OC(=O)C(F)(F)F)([C@@]4([Si](C)(C)C)CO4)[C@@]3(C)CC[C@@H]12. The van der Waals surface area contributed by atoms with Crippen LogP contribution in [-0.2, 0) is 19.0 Å². The van der Waals surface area contributed by atoms with Crippen LogP contribution in [0.15, 0.2) is 0 Å². The van der Waals surface area contributed by atoms with Gasteiger partial charge in [-0.3, -0.25) is 0 Å². The quantitative estimate of drug-likeness (QED) is 0.329. The molecular weight excluding hydrogens is 477 g/mol. The predicted molar refractivity (Wildman–Crippen MR) is 124 cm³/mol. The third-order valence-electron chi connectivity index (χ3n) is 11.7. The van der Waals surface area contributed by atoms with Crippen LogP contribution in [0.25, 0.3) is 0 Å². The van der Waals surface area contributed by atoms with Gasteiger partial charge in [-0.15, -0.1) is 0 Å². The van der Waals surface area contributed by atoms with Crippen LogP contribution in [0.4, 0.5) is 13.2 Å². The van der Waals surface area contributed by atoms with Crippen molar-refractivity contribution < 1.29 is 37.3 Å². The second-order valence-electron chi connectivity index (χ2n) is 14.0. The molecule has 0 bridgehead atoms. The lowest BCUT2D eigenvalue weighted by Gasteiger charge is -2.63. The number of aliphatic hydroxyl groups is 1. The van der Waals surface area contributed by atoms with Crippen molar-refractivity contribution in [2.75, 3.05) is 6.61 Å². The van der Waals surface area contributed by atoms with Crippen LogP contribution < -0.4 is 0 Å². The van der Waals surface area contributed by atoms with E-state index < -0.39 is 42.6 Å². The molecule has 0 unspecified atom stereocenters. The van der Waals surface area contributed by atoms with Crippen LogP contribution in [0.5, 0.6) is 0 Å². The summed E-state index contributed by atoms with van der Waals surface area (Å²) in [6.07, 6.45) is 0.313. The summed E-state index contributed by atoms with van der Waals surface area (Å²) in [6.45, 7) is 11.1. The maximum absolute atomic E-state index is 13.6. The number of carbonyl (C=O) groups excluding carboxylic acids is 1. The number of ether oxygens (including phenoxy) is 3. The highest BCUT2D eigenvalue weighted by Gasteiger charge is 2.90. The largest absolute Gasteiger partial charge is 0.490 e. The summed E-state index contributed by atoms with van der Waals surface area (Å²) in [7, 11) is -2.24. The summed E-state index contributed by atoms with van der Waals surface area (Å²) in [4.78, 5) is 12.5. The first kappa shape index (κ1) is 24.7. The van der Waals surface area contributed by atoms with E-state index in [9.17, 15) is 23.1 Å². The average Bonchev–Trinajstić information content (AvgIpc) is 3.65. The molecule has 2 aliphatic heterocycles. The summed E-state index contributed by atoms with van der Waals surface area (Å²) in [5.41, 5.74) is -1.90. The van der Waals surface area contributed by atoms with Crippen LogP contribution in [0.3, 0.4) is 0 Å². The topological polar surface area (TPSA) is 71.6 Å². The van der Waals surface area contributed by atoms with Crippen molar-refractivity contribution in [2.24, 2.45) is 34.5 Å². The van der Waals surface area contributed by atoms with Gasteiger partial charge < -0.3 is 19.3 Å². The zero-order valence-electron chi connectivity index (χ0n) is 21.4. The van der Waals surface area contributed by atoms with Gasteiger partial charge in [-0.25, -0.2) is 4.79 Å². The fraction of sp³-hybridized carbons (Fsp3) is 0.962. The molecule has 2 heterocycles. The molecule has 198 valence electrons. The molecule has 11 atom stereocenters. The zero-order valence-corrected chi connectivity index (χ0v) is 22.4. The van der Waals surface area contributed by atoms with Gasteiger partial charge in [0, 0.05) is 11.3 Å². The Bertz CT molecular complexity index is 931.